The lowest BCUT2D eigenvalue weighted by Crippen LogP contribution is -2.04. The first-order chi connectivity index (χ1) is 9.86. The van der Waals surface area contributed by atoms with Gasteiger partial charge in [0.1, 0.15) is 0 Å². The van der Waals surface area contributed by atoms with E-state index < -0.39 is 0 Å². The fourth-order valence-electron chi connectivity index (χ4n) is 3.12. The molecule has 0 spiro atoms. The van der Waals surface area contributed by atoms with Gasteiger partial charge in [-0.25, -0.2) is 0 Å². The Morgan fingerprint density at radius 2 is 1.30 bits per heavy atom. The van der Waals surface area contributed by atoms with Crippen LogP contribution >= 0.6 is 0 Å². The van der Waals surface area contributed by atoms with E-state index in [1.54, 1.807) is 0 Å². The van der Waals surface area contributed by atoms with E-state index in [2.05, 4.69) is 30.3 Å². The molecule has 1 saturated carbocycles. The number of hydrogen-bond acceptors (Lipinski definition) is 1. The first-order valence-corrected chi connectivity index (χ1v) is 7.47. The van der Waals surface area contributed by atoms with Crippen molar-refractivity contribution in [2.75, 3.05) is 0 Å². The third-order valence-electron chi connectivity index (χ3n) is 4.33. The Kier molecular flexibility index (Phi) is 3.83. The van der Waals surface area contributed by atoms with Gasteiger partial charge in [-0.15, -0.1) is 0 Å². The van der Waals surface area contributed by atoms with E-state index in [0.29, 0.717) is 5.56 Å². The number of hydrogen-bond donors (Lipinski definition) is 0. The normalized spacial score (nSPS) is 15.8. The summed E-state index contributed by atoms with van der Waals surface area (Å²) in [7, 11) is 0. The Balaban J connectivity index is 1.79. The molecule has 0 atom stereocenters. The summed E-state index contributed by atoms with van der Waals surface area (Å²) in [5.41, 5.74) is 4.61. The smallest absolute Gasteiger partial charge is 0.0991 e. The zero-order valence-electron chi connectivity index (χ0n) is 11.7. The molecule has 0 heterocycles. The van der Waals surface area contributed by atoms with Crippen molar-refractivity contribution in [2.24, 2.45) is 0 Å². The monoisotopic (exact) mass is 261 g/mol. The summed E-state index contributed by atoms with van der Waals surface area (Å²) in [6.45, 7) is 0. The molecule has 0 radical (unpaired) electrons. The molecule has 20 heavy (non-hydrogen) atoms. The maximum Gasteiger partial charge on any atom is 0.0991 e. The molecule has 1 fully saturated rings. The molecule has 0 amide bonds. The number of rotatable bonds is 2. The number of nitrogens with zero attached hydrogens (tertiary/aromatic N) is 1. The summed E-state index contributed by atoms with van der Waals surface area (Å²) < 4.78 is 0. The third-order valence-corrected chi connectivity index (χ3v) is 4.33. The minimum atomic E-state index is 0.715. The first-order valence-electron chi connectivity index (χ1n) is 7.47. The molecule has 1 aliphatic carbocycles. The lowest BCUT2D eigenvalue weighted by molar-refractivity contribution is 0.443. The van der Waals surface area contributed by atoms with Crippen LogP contribution in [-0.2, 0) is 0 Å². The van der Waals surface area contributed by atoms with Crippen molar-refractivity contribution in [1.82, 2.24) is 0 Å². The predicted molar refractivity (Wildman–Crippen MR) is 82.4 cm³/mol. The fraction of sp³-hybridized carbons (Fsp3) is 0.316. The second-order valence-corrected chi connectivity index (χ2v) is 5.65. The summed E-state index contributed by atoms with van der Waals surface area (Å²) in [4.78, 5) is 0. The average molecular weight is 261 g/mol. The first kappa shape index (κ1) is 12.9. The van der Waals surface area contributed by atoms with E-state index in [4.69, 9.17) is 5.26 Å². The van der Waals surface area contributed by atoms with Crippen LogP contribution in [0.2, 0.25) is 0 Å². The highest BCUT2D eigenvalue weighted by Crippen LogP contribution is 2.33. The molecule has 0 unspecified atom stereocenters. The molecular formula is C19H19N. The van der Waals surface area contributed by atoms with Crippen molar-refractivity contribution in [3.8, 4) is 17.2 Å². The summed E-state index contributed by atoms with van der Waals surface area (Å²) >= 11 is 0. The minimum absolute atomic E-state index is 0.715. The van der Waals surface area contributed by atoms with Crippen LogP contribution in [-0.4, -0.2) is 0 Å². The Morgan fingerprint density at radius 1 is 0.750 bits per heavy atom. The summed E-state index contributed by atoms with van der Waals surface area (Å²) in [6.07, 6.45) is 6.84. The zero-order valence-corrected chi connectivity index (χ0v) is 11.7. The van der Waals surface area contributed by atoms with Gasteiger partial charge in [-0.2, -0.15) is 5.26 Å². The molecule has 2 aromatic carbocycles. The van der Waals surface area contributed by atoms with Gasteiger partial charge in [0.25, 0.3) is 0 Å². The molecule has 100 valence electrons. The fourth-order valence-corrected chi connectivity index (χ4v) is 3.12. The maximum atomic E-state index is 8.83. The molecule has 2 aromatic rings. The van der Waals surface area contributed by atoms with Crippen molar-refractivity contribution < 1.29 is 0 Å². The van der Waals surface area contributed by atoms with E-state index in [1.807, 2.05) is 24.3 Å². The molecule has 0 N–H and O–H groups in total. The summed E-state index contributed by atoms with van der Waals surface area (Å²) in [6, 6.07) is 19.0. The maximum absolute atomic E-state index is 8.83. The molecule has 1 aliphatic rings. The third kappa shape index (κ3) is 2.75. The van der Waals surface area contributed by atoms with Crippen molar-refractivity contribution >= 4 is 0 Å². The number of benzene rings is 2. The molecule has 0 aliphatic heterocycles. The van der Waals surface area contributed by atoms with Gasteiger partial charge in [0.15, 0.2) is 0 Å². The van der Waals surface area contributed by atoms with Gasteiger partial charge in [-0.1, -0.05) is 55.7 Å². The number of nitriles is 1. The molecule has 1 heteroatoms. The highest BCUT2D eigenvalue weighted by atomic mass is 14.2. The minimum Gasteiger partial charge on any atom is -0.192 e. The van der Waals surface area contributed by atoms with Crippen molar-refractivity contribution in [1.29, 1.82) is 5.26 Å². The molecule has 0 bridgehead atoms. The quantitative estimate of drug-likeness (QED) is 0.722. The van der Waals surface area contributed by atoms with Crippen LogP contribution in [0.25, 0.3) is 11.1 Å². The lowest BCUT2D eigenvalue weighted by Gasteiger charge is -2.22. The summed E-state index contributed by atoms with van der Waals surface area (Å²) in [5, 5.41) is 8.83. The lowest BCUT2D eigenvalue weighted by atomic mass is 9.84. The second kappa shape index (κ2) is 5.92. The van der Waals surface area contributed by atoms with E-state index in [1.165, 1.54) is 48.8 Å². The molecular weight excluding hydrogens is 242 g/mol. The van der Waals surface area contributed by atoms with E-state index in [9.17, 15) is 0 Å². The highest BCUT2D eigenvalue weighted by molar-refractivity contribution is 5.64. The van der Waals surface area contributed by atoms with Crippen molar-refractivity contribution in [3.05, 3.63) is 59.7 Å². The molecule has 3 rings (SSSR count). The highest BCUT2D eigenvalue weighted by Gasteiger charge is 2.15. The van der Waals surface area contributed by atoms with Crippen LogP contribution in [0.3, 0.4) is 0 Å². The van der Waals surface area contributed by atoms with Crippen molar-refractivity contribution in [3.63, 3.8) is 0 Å². The SMILES string of the molecule is N#Cc1ccc(-c2ccc(C3CCCCC3)cc2)cc1. The predicted octanol–water partition coefficient (Wildman–Crippen LogP) is 5.27. The van der Waals surface area contributed by atoms with Gasteiger partial charge < -0.3 is 0 Å². The van der Waals surface area contributed by atoms with Gasteiger partial charge in [0.2, 0.25) is 0 Å². The Bertz CT molecular complexity index is 596. The Hall–Kier alpha value is -2.07. The van der Waals surface area contributed by atoms with Crippen LogP contribution in [0.15, 0.2) is 48.5 Å². The molecule has 1 nitrogen and oxygen atoms in total. The van der Waals surface area contributed by atoms with Gasteiger partial charge in [-0.3, -0.25) is 0 Å². The van der Waals surface area contributed by atoms with Gasteiger partial charge in [0, 0.05) is 0 Å². The van der Waals surface area contributed by atoms with Crippen molar-refractivity contribution in [2.45, 2.75) is 38.0 Å². The largest absolute Gasteiger partial charge is 0.192 e. The van der Waals surface area contributed by atoms with E-state index >= 15 is 0 Å². The molecule has 0 aromatic heterocycles. The van der Waals surface area contributed by atoms with Crippen LogP contribution in [0, 0.1) is 11.3 Å². The van der Waals surface area contributed by atoms with Gasteiger partial charge in [0.05, 0.1) is 11.6 Å². The van der Waals surface area contributed by atoms with Crippen LogP contribution in [0.1, 0.15) is 49.1 Å². The Morgan fingerprint density at radius 3 is 1.85 bits per heavy atom. The Labute approximate surface area is 120 Å². The van der Waals surface area contributed by atoms with Crippen LogP contribution < -0.4 is 0 Å². The average Bonchev–Trinajstić information content (AvgIpc) is 2.56. The summed E-state index contributed by atoms with van der Waals surface area (Å²) in [5.74, 6) is 0.763. The van der Waals surface area contributed by atoms with E-state index in [-0.39, 0.29) is 0 Å². The van der Waals surface area contributed by atoms with Crippen LogP contribution in [0.4, 0.5) is 0 Å². The second-order valence-electron chi connectivity index (χ2n) is 5.65. The zero-order chi connectivity index (χ0) is 13.8. The van der Waals surface area contributed by atoms with Gasteiger partial charge in [-0.05, 0) is 47.6 Å². The van der Waals surface area contributed by atoms with Gasteiger partial charge >= 0.3 is 0 Å². The molecule has 0 saturated heterocycles. The standard InChI is InChI=1S/C19H19N/c20-14-15-6-8-17(9-7-15)19-12-10-18(11-13-19)16-4-2-1-3-5-16/h6-13,16H,1-5H2. The van der Waals surface area contributed by atoms with Crippen LogP contribution in [0.5, 0.6) is 0 Å². The topological polar surface area (TPSA) is 23.8 Å². The van der Waals surface area contributed by atoms with E-state index in [0.717, 1.165) is 5.92 Å².